The summed E-state index contributed by atoms with van der Waals surface area (Å²) in [7, 11) is 0. The van der Waals surface area contributed by atoms with E-state index in [1.807, 2.05) is 0 Å². The number of amides is 2. The number of carbonyl (C=O) groups is 2. The maximum absolute atomic E-state index is 13.2. The first kappa shape index (κ1) is 18.0. The second-order valence-corrected chi connectivity index (χ2v) is 6.50. The van der Waals surface area contributed by atoms with Crippen LogP contribution in [0, 0.1) is 5.82 Å². The van der Waals surface area contributed by atoms with Crippen molar-refractivity contribution >= 4 is 11.8 Å². The van der Waals surface area contributed by atoms with Gasteiger partial charge in [-0.15, -0.1) is 0 Å². The lowest BCUT2D eigenvalue weighted by Crippen LogP contribution is -2.41. The fourth-order valence-corrected chi connectivity index (χ4v) is 3.26. The fraction of sp³-hybridized carbons (Fsp3) is 0.368. The largest absolute Gasteiger partial charge is 0.364 e. The Labute approximate surface area is 151 Å². The lowest BCUT2D eigenvalue weighted by Gasteiger charge is -2.34. The standard InChI is InChI=1S/C19H21FN4O2/c20-14-8-6-13(7-9-14)12-24(15-4-2-1-3-5-15)19(26)17-11-22-16(10-23-17)18(21)25/h6-11,15H,1-5,12H2,(H2,21,25). The third kappa shape index (κ3) is 4.22. The summed E-state index contributed by atoms with van der Waals surface area (Å²) in [5, 5.41) is 0. The Morgan fingerprint density at radius 1 is 1.04 bits per heavy atom. The van der Waals surface area contributed by atoms with Gasteiger partial charge in [0.15, 0.2) is 0 Å². The number of carbonyl (C=O) groups excluding carboxylic acids is 2. The Bertz CT molecular complexity index is 771. The van der Waals surface area contributed by atoms with Gasteiger partial charge in [0.05, 0.1) is 12.4 Å². The summed E-state index contributed by atoms with van der Waals surface area (Å²) >= 11 is 0. The third-order valence-electron chi connectivity index (χ3n) is 4.67. The quantitative estimate of drug-likeness (QED) is 0.892. The van der Waals surface area contributed by atoms with E-state index in [4.69, 9.17) is 5.73 Å². The number of halogens is 1. The van der Waals surface area contributed by atoms with Crippen LogP contribution >= 0.6 is 0 Å². The zero-order chi connectivity index (χ0) is 18.5. The summed E-state index contributed by atoms with van der Waals surface area (Å²) in [6.45, 7) is 0.378. The van der Waals surface area contributed by atoms with Crippen molar-refractivity contribution in [3.05, 3.63) is 59.4 Å². The second-order valence-electron chi connectivity index (χ2n) is 6.50. The van der Waals surface area contributed by atoms with E-state index in [0.717, 1.165) is 31.2 Å². The number of aromatic nitrogens is 2. The molecule has 2 amide bonds. The van der Waals surface area contributed by atoms with Gasteiger partial charge >= 0.3 is 0 Å². The number of nitrogens with two attached hydrogens (primary N) is 1. The van der Waals surface area contributed by atoms with E-state index in [9.17, 15) is 14.0 Å². The average molecular weight is 356 g/mol. The number of nitrogens with zero attached hydrogens (tertiary/aromatic N) is 3. The minimum Gasteiger partial charge on any atom is -0.364 e. The van der Waals surface area contributed by atoms with Gasteiger partial charge in [0, 0.05) is 12.6 Å². The number of primary amides is 1. The Hall–Kier alpha value is -2.83. The number of hydrogen-bond donors (Lipinski definition) is 1. The van der Waals surface area contributed by atoms with Gasteiger partial charge in [-0.05, 0) is 30.5 Å². The Morgan fingerprint density at radius 2 is 1.65 bits per heavy atom. The lowest BCUT2D eigenvalue weighted by molar-refractivity contribution is 0.0607. The van der Waals surface area contributed by atoms with Crippen LogP contribution in [0.15, 0.2) is 36.7 Å². The van der Waals surface area contributed by atoms with Gasteiger partial charge in [-0.1, -0.05) is 31.4 Å². The third-order valence-corrected chi connectivity index (χ3v) is 4.67. The smallest absolute Gasteiger partial charge is 0.274 e. The van der Waals surface area contributed by atoms with Crippen LogP contribution in [0.4, 0.5) is 4.39 Å². The number of rotatable bonds is 5. The maximum Gasteiger partial charge on any atom is 0.274 e. The first-order valence-corrected chi connectivity index (χ1v) is 8.72. The molecule has 0 unspecified atom stereocenters. The molecule has 1 aliphatic carbocycles. The number of hydrogen-bond acceptors (Lipinski definition) is 4. The normalized spacial score (nSPS) is 14.8. The SMILES string of the molecule is NC(=O)c1cnc(C(=O)N(Cc2ccc(F)cc2)C2CCCCC2)cn1. The highest BCUT2D eigenvalue weighted by Gasteiger charge is 2.27. The van der Waals surface area contributed by atoms with Gasteiger partial charge in [-0.3, -0.25) is 9.59 Å². The zero-order valence-corrected chi connectivity index (χ0v) is 14.4. The van der Waals surface area contributed by atoms with Crippen LogP contribution in [0.3, 0.4) is 0 Å². The topological polar surface area (TPSA) is 89.2 Å². The molecule has 1 aromatic heterocycles. The molecule has 1 aromatic carbocycles. The molecule has 2 N–H and O–H groups in total. The number of benzene rings is 1. The van der Waals surface area contributed by atoms with Crippen molar-refractivity contribution < 1.29 is 14.0 Å². The van der Waals surface area contributed by atoms with Crippen molar-refractivity contribution in [2.24, 2.45) is 5.73 Å². The lowest BCUT2D eigenvalue weighted by atomic mass is 9.93. The molecule has 0 atom stereocenters. The minimum atomic E-state index is -0.688. The molecule has 26 heavy (non-hydrogen) atoms. The van der Waals surface area contributed by atoms with Crippen LogP contribution in [0.5, 0.6) is 0 Å². The molecule has 1 heterocycles. The fourth-order valence-electron chi connectivity index (χ4n) is 3.26. The molecule has 136 valence electrons. The Balaban J connectivity index is 1.84. The van der Waals surface area contributed by atoms with Gasteiger partial charge < -0.3 is 10.6 Å². The first-order chi connectivity index (χ1) is 12.5. The summed E-state index contributed by atoms with van der Waals surface area (Å²) in [6.07, 6.45) is 7.67. The van der Waals surface area contributed by atoms with Crippen LogP contribution in [-0.4, -0.2) is 32.7 Å². The van der Waals surface area contributed by atoms with Crippen LogP contribution in [0.1, 0.15) is 58.6 Å². The molecule has 6 nitrogen and oxygen atoms in total. The second kappa shape index (κ2) is 8.03. The Kier molecular flexibility index (Phi) is 5.55. The summed E-state index contributed by atoms with van der Waals surface area (Å²) in [5.41, 5.74) is 6.20. The van der Waals surface area contributed by atoms with E-state index < -0.39 is 5.91 Å². The zero-order valence-electron chi connectivity index (χ0n) is 14.4. The van der Waals surface area contributed by atoms with E-state index in [-0.39, 0.29) is 29.2 Å². The van der Waals surface area contributed by atoms with Crippen molar-refractivity contribution in [1.29, 1.82) is 0 Å². The molecular weight excluding hydrogens is 335 g/mol. The molecule has 3 rings (SSSR count). The molecule has 1 aliphatic rings. The van der Waals surface area contributed by atoms with Gasteiger partial charge in [-0.25, -0.2) is 14.4 Å². The molecule has 0 bridgehead atoms. The van der Waals surface area contributed by atoms with E-state index in [0.29, 0.717) is 6.54 Å². The van der Waals surface area contributed by atoms with Crippen LogP contribution in [0.25, 0.3) is 0 Å². The highest BCUT2D eigenvalue weighted by atomic mass is 19.1. The molecule has 7 heteroatoms. The van der Waals surface area contributed by atoms with Crippen molar-refractivity contribution in [2.45, 2.75) is 44.7 Å². The van der Waals surface area contributed by atoms with Gasteiger partial charge in [0.25, 0.3) is 11.8 Å². The summed E-state index contributed by atoms with van der Waals surface area (Å²) < 4.78 is 13.2. The molecule has 1 fully saturated rings. The molecule has 1 saturated carbocycles. The molecule has 0 radical (unpaired) electrons. The van der Waals surface area contributed by atoms with E-state index in [1.165, 1.54) is 30.9 Å². The van der Waals surface area contributed by atoms with Crippen LogP contribution < -0.4 is 5.73 Å². The van der Waals surface area contributed by atoms with Crippen molar-refractivity contribution in [2.75, 3.05) is 0 Å². The average Bonchev–Trinajstić information content (AvgIpc) is 2.68. The summed E-state index contributed by atoms with van der Waals surface area (Å²) in [6, 6.07) is 6.25. The molecule has 0 aliphatic heterocycles. The Morgan fingerprint density at radius 3 is 2.23 bits per heavy atom. The predicted octanol–water partition coefficient (Wildman–Crippen LogP) is 2.69. The van der Waals surface area contributed by atoms with Crippen molar-refractivity contribution in [1.82, 2.24) is 14.9 Å². The van der Waals surface area contributed by atoms with Crippen LogP contribution in [0.2, 0.25) is 0 Å². The van der Waals surface area contributed by atoms with E-state index >= 15 is 0 Å². The van der Waals surface area contributed by atoms with Gasteiger partial charge in [0.2, 0.25) is 0 Å². The monoisotopic (exact) mass is 356 g/mol. The molecular formula is C19H21FN4O2. The summed E-state index contributed by atoms with van der Waals surface area (Å²) in [4.78, 5) is 33.9. The minimum absolute atomic E-state index is 0.0179. The van der Waals surface area contributed by atoms with Gasteiger partial charge in [-0.2, -0.15) is 0 Å². The highest BCUT2D eigenvalue weighted by molar-refractivity contribution is 5.94. The summed E-state index contributed by atoms with van der Waals surface area (Å²) in [5.74, 6) is -1.24. The molecule has 0 spiro atoms. The predicted molar refractivity (Wildman–Crippen MR) is 93.7 cm³/mol. The maximum atomic E-state index is 13.2. The molecule has 2 aromatic rings. The van der Waals surface area contributed by atoms with Crippen molar-refractivity contribution in [3.63, 3.8) is 0 Å². The van der Waals surface area contributed by atoms with E-state index in [1.54, 1.807) is 17.0 Å². The first-order valence-electron chi connectivity index (χ1n) is 8.72. The van der Waals surface area contributed by atoms with E-state index in [2.05, 4.69) is 9.97 Å². The highest BCUT2D eigenvalue weighted by Crippen LogP contribution is 2.25. The molecule has 0 saturated heterocycles. The van der Waals surface area contributed by atoms with Crippen molar-refractivity contribution in [3.8, 4) is 0 Å². The van der Waals surface area contributed by atoms with Crippen LogP contribution in [-0.2, 0) is 6.54 Å². The van der Waals surface area contributed by atoms with Gasteiger partial charge in [0.1, 0.15) is 17.2 Å².